The highest BCUT2D eigenvalue weighted by Gasteiger charge is 2.43. The van der Waals surface area contributed by atoms with Crippen LogP contribution >= 0.6 is 11.3 Å². The van der Waals surface area contributed by atoms with Gasteiger partial charge < -0.3 is 14.7 Å². The van der Waals surface area contributed by atoms with Crippen molar-refractivity contribution >= 4 is 40.1 Å². The number of imide groups is 1. The summed E-state index contributed by atoms with van der Waals surface area (Å²) in [7, 11) is 7.98. The van der Waals surface area contributed by atoms with Crippen molar-refractivity contribution in [3.63, 3.8) is 0 Å². The molecule has 1 fully saturated rings. The predicted molar refractivity (Wildman–Crippen MR) is 123 cm³/mol. The normalized spacial score (nSPS) is 18.5. The predicted octanol–water partition coefficient (Wildman–Crippen LogP) is 3.12. The number of likely N-dealkylation sites (tertiary alicyclic amines) is 1. The zero-order chi connectivity index (χ0) is 21.4. The van der Waals surface area contributed by atoms with E-state index in [9.17, 15) is 9.59 Å². The van der Waals surface area contributed by atoms with Crippen molar-refractivity contribution in [2.75, 3.05) is 51.1 Å². The molecular weight excluding hydrogens is 396 g/mol. The minimum absolute atomic E-state index is 0.235. The molecule has 2 aliphatic rings. The van der Waals surface area contributed by atoms with Crippen LogP contribution in [0, 0.1) is 0 Å². The van der Waals surface area contributed by atoms with Crippen LogP contribution in [0.3, 0.4) is 0 Å². The molecule has 0 saturated carbocycles. The maximum atomic E-state index is 13.6. The van der Waals surface area contributed by atoms with Gasteiger partial charge in [0.1, 0.15) is 5.70 Å². The topological polar surface area (TPSA) is 47.1 Å². The SMILES string of the molecule is CN1CCC(N(C)C2=C(c3cccs3)C(=O)N(c3cccc(N(C)C)c3)C2=O)CC1. The molecule has 0 N–H and O–H groups in total. The molecule has 2 aliphatic heterocycles. The van der Waals surface area contributed by atoms with Crippen molar-refractivity contribution in [2.24, 2.45) is 0 Å². The molecule has 2 aromatic rings. The first kappa shape index (κ1) is 20.6. The summed E-state index contributed by atoms with van der Waals surface area (Å²) in [5, 5.41) is 1.95. The number of amides is 2. The van der Waals surface area contributed by atoms with Gasteiger partial charge in [-0.25, -0.2) is 4.90 Å². The minimum Gasteiger partial charge on any atom is -0.378 e. The van der Waals surface area contributed by atoms with Crippen LogP contribution in [0.15, 0.2) is 47.5 Å². The Labute approximate surface area is 182 Å². The van der Waals surface area contributed by atoms with E-state index in [4.69, 9.17) is 0 Å². The van der Waals surface area contributed by atoms with Crippen LogP contribution in [0.25, 0.3) is 5.57 Å². The molecule has 6 nitrogen and oxygen atoms in total. The Hall–Kier alpha value is -2.64. The largest absolute Gasteiger partial charge is 0.378 e. The van der Waals surface area contributed by atoms with Crippen molar-refractivity contribution < 1.29 is 9.59 Å². The van der Waals surface area contributed by atoms with Gasteiger partial charge in [-0.2, -0.15) is 0 Å². The summed E-state index contributed by atoms with van der Waals surface area (Å²) in [5.41, 5.74) is 2.60. The number of carbonyl (C=O) groups excluding carboxylic acids is 2. The number of carbonyl (C=O) groups is 2. The van der Waals surface area contributed by atoms with Gasteiger partial charge in [0.05, 0.1) is 11.3 Å². The number of likely N-dealkylation sites (N-methyl/N-ethyl adjacent to an activating group) is 1. The van der Waals surface area contributed by atoms with Crippen LogP contribution in [0.1, 0.15) is 17.7 Å². The third kappa shape index (κ3) is 3.63. The number of piperidine rings is 1. The molecule has 1 aromatic heterocycles. The van der Waals surface area contributed by atoms with E-state index in [0.29, 0.717) is 17.0 Å². The molecule has 0 unspecified atom stereocenters. The summed E-state index contributed by atoms with van der Waals surface area (Å²) >= 11 is 1.50. The Morgan fingerprint density at radius 3 is 2.37 bits per heavy atom. The lowest BCUT2D eigenvalue weighted by atomic mass is 10.0. The molecule has 2 amide bonds. The molecule has 7 heteroatoms. The molecule has 1 saturated heterocycles. The standard InChI is InChI=1S/C23H28N4O2S/c1-24(2)17-7-5-8-18(15-17)27-22(28)20(19-9-6-14-30-19)21(23(27)29)26(4)16-10-12-25(3)13-11-16/h5-9,14-16H,10-13H2,1-4H3. The van der Waals surface area contributed by atoms with E-state index < -0.39 is 0 Å². The van der Waals surface area contributed by atoms with Crippen LogP contribution in [0.5, 0.6) is 0 Å². The first-order valence-electron chi connectivity index (χ1n) is 10.2. The van der Waals surface area contributed by atoms with Gasteiger partial charge >= 0.3 is 0 Å². The molecular formula is C23H28N4O2S. The van der Waals surface area contributed by atoms with Crippen LogP contribution in [0.2, 0.25) is 0 Å². The van der Waals surface area contributed by atoms with Gasteiger partial charge in [0.2, 0.25) is 0 Å². The summed E-state index contributed by atoms with van der Waals surface area (Å²) in [6, 6.07) is 11.7. The molecule has 158 valence electrons. The highest BCUT2D eigenvalue weighted by Crippen LogP contribution is 2.38. The monoisotopic (exact) mass is 424 g/mol. The Kier molecular flexibility index (Phi) is 5.66. The number of rotatable bonds is 5. The van der Waals surface area contributed by atoms with Gasteiger partial charge in [-0.3, -0.25) is 9.59 Å². The third-order valence-corrected chi connectivity index (χ3v) is 6.91. The fourth-order valence-corrected chi connectivity index (χ4v) is 4.96. The second-order valence-electron chi connectivity index (χ2n) is 8.21. The summed E-state index contributed by atoms with van der Waals surface area (Å²) < 4.78 is 0. The summed E-state index contributed by atoms with van der Waals surface area (Å²) in [6.45, 7) is 1.99. The Morgan fingerprint density at radius 2 is 1.73 bits per heavy atom. The number of hydrogen-bond acceptors (Lipinski definition) is 6. The molecule has 0 aliphatic carbocycles. The zero-order valence-corrected chi connectivity index (χ0v) is 18.8. The van der Waals surface area contributed by atoms with E-state index in [1.54, 1.807) is 0 Å². The smallest absolute Gasteiger partial charge is 0.282 e. The summed E-state index contributed by atoms with van der Waals surface area (Å²) in [4.78, 5) is 35.7. The fraction of sp³-hybridized carbons (Fsp3) is 0.391. The van der Waals surface area contributed by atoms with Gasteiger partial charge in [-0.05, 0) is 62.6 Å². The van der Waals surface area contributed by atoms with E-state index in [1.165, 1.54) is 16.2 Å². The van der Waals surface area contributed by atoms with Crippen LogP contribution in [0.4, 0.5) is 11.4 Å². The van der Waals surface area contributed by atoms with Gasteiger partial charge in [0, 0.05) is 37.7 Å². The van der Waals surface area contributed by atoms with Crippen molar-refractivity contribution in [1.29, 1.82) is 0 Å². The lowest BCUT2D eigenvalue weighted by molar-refractivity contribution is -0.120. The lowest BCUT2D eigenvalue weighted by Crippen LogP contribution is -2.43. The van der Waals surface area contributed by atoms with Crippen molar-refractivity contribution in [3.05, 3.63) is 52.4 Å². The van der Waals surface area contributed by atoms with Gasteiger partial charge in [0.25, 0.3) is 11.8 Å². The minimum atomic E-state index is -0.242. The maximum Gasteiger partial charge on any atom is 0.282 e. The number of anilines is 2. The quantitative estimate of drug-likeness (QED) is 0.690. The van der Waals surface area contributed by atoms with E-state index in [2.05, 4.69) is 16.8 Å². The second kappa shape index (κ2) is 8.24. The van der Waals surface area contributed by atoms with Gasteiger partial charge in [0.15, 0.2) is 0 Å². The lowest BCUT2D eigenvalue weighted by Gasteiger charge is -2.36. The Morgan fingerprint density at radius 1 is 1.00 bits per heavy atom. The first-order chi connectivity index (χ1) is 14.4. The second-order valence-corrected chi connectivity index (χ2v) is 9.15. The molecule has 1 aromatic carbocycles. The van der Waals surface area contributed by atoms with Crippen LogP contribution in [-0.4, -0.2) is 68.9 Å². The molecule has 0 radical (unpaired) electrons. The average Bonchev–Trinajstić information content (AvgIpc) is 3.34. The van der Waals surface area contributed by atoms with E-state index in [0.717, 1.165) is 36.5 Å². The number of thiophene rings is 1. The van der Waals surface area contributed by atoms with Crippen molar-refractivity contribution in [2.45, 2.75) is 18.9 Å². The molecule has 30 heavy (non-hydrogen) atoms. The zero-order valence-electron chi connectivity index (χ0n) is 18.0. The average molecular weight is 425 g/mol. The van der Waals surface area contributed by atoms with Crippen LogP contribution < -0.4 is 9.80 Å². The van der Waals surface area contributed by atoms with Gasteiger partial charge in [-0.1, -0.05) is 12.1 Å². The van der Waals surface area contributed by atoms with E-state index in [-0.39, 0.29) is 17.9 Å². The number of hydrogen-bond donors (Lipinski definition) is 0. The molecule has 0 bridgehead atoms. The third-order valence-electron chi connectivity index (χ3n) is 6.02. The number of benzene rings is 1. The molecule has 3 heterocycles. The van der Waals surface area contributed by atoms with E-state index >= 15 is 0 Å². The molecule has 4 rings (SSSR count). The highest BCUT2D eigenvalue weighted by atomic mass is 32.1. The first-order valence-corrected chi connectivity index (χ1v) is 11.1. The van der Waals surface area contributed by atoms with Crippen molar-refractivity contribution in [1.82, 2.24) is 9.80 Å². The Bertz CT molecular complexity index is 975. The Balaban J connectivity index is 1.75. The fourth-order valence-electron chi connectivity index (χ4n) is 4.20. The maximum absolute atomic E-state index is 13.6. The van der Waals surface area contributed by atoms with Gasteiger partial charge in [-0.15, -0.1) is 11.3 Å². The highest BCUT2D eigenvalue weighted by molar-refractivity contribution is 7.11. The van der Waals surface area contributed by atoms with Crippen molar-refractivity contribution in [3.8, 4) is 0 Å². The van der Waals surface area contributed by atoms with E-state index in [1.807, 2.05) is 67.8 Å². The summed E-state index contributed by atoms with van der Waals surface area (Å²) in [6.07, 6.45) is 1.96. The molecule has 0 spiro atoms. The van der Waals surface area contributed by atoms with Crippen LogP contribution in [-0.2, 0) is 9.59 Å². The molecule has 0 atom stereocenters. The summed E-state index contributed by atoms with van der Waals surface area (Å²) in [5.74, 6) is -0.478. The number of nitrogens with zero attached hydrogens (tertiary/aromatic N) is 4.